The van der Waals surface area contributed by atoms with Gasteiger partial charge in [0.05, 0.1) is 0 Å². The lowest BCUT2D eigenvalue weighted by atomic mass is 10.0. The molecule has 0 saturated carbocycles. The standard InChI is InChI=1S/C19H20FN3O3/c20-16-8-2-1-5-13(16)12-26-19-15(7-4-10-21-19)18(25)22-11-14-6-3-9-17(24)23-14/h1-2,4-5,7-8,10,14H,3,6,9,11-12H2,(H,22,25)(H,23,24)/t14-/m1/s1. The molecule has 2 N–H and O–H groups in total. The van der Waals surface area contributed by atoms with Crippen molar-refractivity contribution in [3.8, 4) is 5.88 Å². The minimum Gasteiger partial charge on any atom is -0.472 e. The normalized spacial score (nSPS) is 16.7. The molecule has 2 heterocycles. The Hall–Kier alpha value is -2.96. The summed E-state index contributed by atoms with van der Waals surface area (Å²) in [6.45, 7) is 0.314. The number of ether oxygens (including phenoxy) is 1. The molecule has 1 saturated heterocycles. The monoisotopic (exact) mass is 357 g/mol. The maximum absolute atomic E-state index is 13.7. The van der Waals surface area contributed by atoms with E-state index in [1.807, 2.05) is 0 Å². The van der Waals surface area contributed by atoms with E-state index in [4.69, 9.17) is 4.74 Å². The molecule has 2 aromatic rings. The molecule has 0 aliphatic carbocycles. The number of nitrogens with one attached hydrogen (secondary N) is 2. The van der Waals surface area contributed by atoms with Crippen molar-refractivity contribution in [1.29, 1.82) is 0 Å². The molecule has 1 atom stereocenters. The molecule has 0 radical (unpaired) electrons. The van der Waals surface area contributed by atoms with Crippen LogP contribution in [0.4, 0.5) is 4.39 Å². The van der Waals surface area contributed by atoms with Crippen LogP contribution in [0.15, 0.2) is 42.6 Å². The minimum atomic E-state index is -0.373. The van der Waals surface area contributed by atoms with Crippen molar-refractivity contribution in [3.63, 3.8) is 0 Å². The molecule has 0 spiro atoms. The molecule has 1 fully saturated rings. The van der Waals surface area contributed by atoms with Crippen molar-refractivity contribution in [3.05, 3.63) is 59.5 Å². The van der Waals surface area contributed by atoms with Gasteiger partial charge in [0.2, 0.25) is 11.8 Å². The molecular formula is C19H20FN3O3. The summed E-state index contributed by atoms with van der Waals surface area (Å²) in [5, 5.41) is 5.64. The van der Waals surface area contributed by atoms with Crippen molar-refractivity contribution >= 4 is 11.8 Å². The Balaban J connectivity index is 1.61. The van der Waals surface area contributed by atoms with Crippen molar-refractivity contribution in [1.82, 2.24) is 15.6 Å². The van der Waals surface area contributed by atoms with Gasteiger partial charge in [0, 0.05) is 30.8 Å². The smallest absolute Gasteiger partial charge is 0.256 e. The number of hydrogen-bond donors (Lipinski definition) is 2. The Morgan fingerprint density at radius 3 is 2.96 bits per heavy atom. The average molecular weight is 357 g/mol. The summed E-state index contributed by atoms with van der Waals surface area (Å²) in [7, 11) is 0. The lowest BCUT2D eigenvalue weighted by Crippen LogP contribution is -2.46. The van der Waals surface area contributed by atoms with E-state index in [2.05, 4.69) is 15.6 Å². The van der Waals surface area contributed by atoms with Gasteiger partial charge in [-0.2, -0.15) is 0 Å². The third-order valence-electron chi connectivity index (χ3n) is 4.17. The molecule has 136 valence electrons. The van der Waals surface area contributed by atoms with E-state index in [0.29, 0.717) is 18.5 Å². The van der Waals surface area contributed by atoms with Gasteiger partial charge in [-0.3, -0.25) is 9.59 Å². The Bertz CT molecular complexity index is 797. The summed E-state index contributed by atoms with van der Waals surface area (Å²) in [5.74, 6) is -0.573. The minimum absolute atomic E-state index is 0.00536. The molecule has 1 aliphatic rings. The summed E-state index contributed by atoms with van der Waals surface area (Å²) < 4.78 is 19.2. The van der Waals surface area contributed by atoms with E-state index in [1.54, 1.807) is 30.3 Å². The quantitative estimate of drug-likeness (QED) is 0.831. The molecular weight excluding hydrogens is 337 g/mol. The molecule has 7 heteroatoms. The Morgan fingerprint density at radius 1 is 1.31 bits per heavy atom. The maximum atomic E-state index is 13.7. The molecule has 2 amide bonds. The maximum Gasteiger partial charge on any atom is 0.256 e. The molecule has 1 aliphatic heterocycles. The molecule has 0 bridgehead atoms. The third-order valence-corrected chi connectivity index (χ3v) is 4.17. The van der Waals surface area contributed by atoms with E-state index in [0.717, 1.165) is 12.8 Å². The van der Waals surface area contributed by atoms with Crippen LogP contribution < -0.4 is 15.4 Å². The van der Waals surface area contributed by atoms with Crippen LogP contribution in [0.3, 0.4) is 0 Å². The summed E-state index contributed by atoms with van der Waals surface area (Å²) in [6, 6.07) is 9.44. The Morgan fingerprint density at radius 2 is 2.15 bits per heavy atom. The summed E-state index contributed by atoms with van der Waals surface area (Å²) in [6.07, 6.45) is 3.68. The van der Waals surface area contributed by atoms with Crippen LogP contribution in [0.25, 0.3) is 0 Å². The number of pyridine rings is 1. The number of rotatable bonds is 6. The topological polar surface area (TPSA) is 80.3 Å². The average Bonchev–Trinajstić information content (AvgIpc) is 2.66. The number of nitrogens with zero attached hydrogens (tertiary/aromatic N) is 1. The zero-order valence-electron chi connectivity index (χ0n) is 14.2. The van der Waals surface area contributed by atoms with Crippen molar-refractivity contribution in [2.45, 2.75) is 31.9 Å². The van der Waals surface area contributed by atoms with Gasteiger partial charge < -0.3 is 15.4 Å². The van der Waals surface area contributed by atoms with Gasteiger partial charge in [-0.1, -0.05) is 18.2 Å². The molecule has 0 unspecified atom stereocenters. The van der Waals surface area contributed by atoms with Gasteiger partial charge in [-0.05, 0) is 31.0 Å². The zero-order valence-corrected chi connectivity index (χ0v) is 14.2. The fourth-order valence-electron chi connectivity index (χ4n) is 2.79. The van der Waals surface area contributed by atoms with Gasteiger partial charge in [-0.15, -0.1) is 0 Å². The predicted octanol–water partition coefficient (Wildman–Crippen LogP) is 2.20. The first-order valence-electron chi connectivity index (χ1n) is 8.52. The van der Waals surface area contributed by atoms with E-state index >= 15 is 0 Å². The highest BCUT2D eigenvalue weighted by Gasteiger charge is 2.20. The van der Waals surface area contributed by atoms with E-state index in [9.17, 15) is 14.0 Å². The van der Waals surface area contributed by atoms with Crippen molar-refractivity contribution in [2.75, 3.05) is 6.54 Å². The number of benzene rings is 1. The predicted molar refractivity (Wildman–Crippen MR) is 93.1 cm³/mol. The van der Waals surface area contributed by atoms with Gasteiger partial charge in [0.25, 0.3) is 5.91 Å². The number of carbonyl (C=O) groups is 2. The zero-order chi connectivity index (χ0) is 18.4. The van der Waals surface area contributed by atoms with Gasteiger partial charge in [0.1, 0.15) is 18.0 Å². The number of aromatic nitrogens is 1. The fourth-order valence-corrected chi connectivity index (χ4v) is 2.79. The van der Waals surface area contributed by atoms with Crippen molar-refractivity contribution < 1.29 is 18.7 Å². The molecule has 1 aromatic heterocycles. The molecule has 26 heavy (non-hydrogen) atoms. The largest absolute Gasteiger partial charge is 0.472 e. The lowest BCUT2D eigenvalue weighted by molar-refractivity contribution is -0.123. The number of hydrogen-bond acceptors (Lipinski definition) is 4. The summed E-state index contributed by atoms with van der Waals surface area (Å²) in [4.78, 5) is 27.9. The second kappa shape index (κ2) is 8.42. The van der Waals surface area contributed by atoms with Crippen LogP contribution in [0.2, 0.25) is 0 Å². The lowest BCUT2D eigenvalue weighted by Gasteiger charge is -2.23. The number of piperidine rings is 1. The second-order valence-electron chi connectivity index (χ2n) is 6.10. The highest BCUT2D eigenvalue weighted by molar-refractivity contribution is 5.96. The second-order valence-corrected chi connectivity index (χ2v) is 6.10. The van der Waals surface area contributed by atoms with Gasteiger partial charge in [0.15, 0.2) is 0 Å². The summed E-state index contributed by atoms with van der Waals surface area (Å²) in [5.41, 5.74) is 0.653. The van der Waals surface area contributed by atoms with Gasteiger partial charge in [-0.25, -0.2) is 9.37 Å². The van der Waals surface area contributed by atoms with Crippen LogP contribution >= 0.6 is 0 Å². The highest BCUT2D eigenvalue weighted by Crippen LogP contribution is 2.17. The Kier molecular flexibility index (Phi) is 5.78. The molecule has 1 aromatic carbocycles. The first-order chi connectivity index (χ1) is 12.6. The molecule has 6 nitrogen and oxygen atoms in total. The van der Waals surface area contributed by atoms with Crippen LogP contribution in [0.5, 0.6) is 5.88 Å². The first kappa shape index (κ1) is 17.8. The van der Waals surface area contributed by atoms with E-state index < -0.39 is 0 Å². The fraction of sp³-hybridized carbons (Fsp3) is 0.316. The number of carbonyl (C=O) groups excluding carboxylic acids is 2. The van der Waals surface area contributed by atoms with Crippen LogP contribution in [-0.4, -0.2) is 29.4 Å². The van der Waals surface area contributed by atoms with Crippen LogP contribution in [0.1, 0.15) is 35.2 Å². The Labute approximate surface area is 150 Å². The number of halogens is 1. The SMILES string of the molecule is O=C1CCC[C@H](CNC(=O)c2cccnc2OCc2ccccc2F)N1. The van der Waals surface area contributed by atoms with Crippen molar-refractivity contribution in [2.24, 2.45) is 0 Å². The van der Waals surface area contributed by atoms with Crippen LogP contribution in [0, 0.1) is 5.82 Å². The number of amides is 2. The molecule has 3 rings (SSSR count). The summed E-state index contributed by atoms with van der Waals surface area (Å²) >= 11 is 0. The highest BCUT2D eigenvalue weighted by atomic mass is 19.1. The first-order valence-corrected chi connectivity index (χ1v) is 8.52. The van der Waals surface area contributed by atoms with Crippen LogP contribution in [-0.2, 0) is 11.4 Å². The van der Waals surface area contributed by atoms with E-state index in [1.165, 1.54) is 12.3 Å². The van der Waals surface area contributed by atoms with Gasteiger partial charge >= 0.3 is 0 Å². The third kappa shape index (κ3) is 4.56. The van der Waals surface area contributed by atoms with E-state index in [-0.39, 0.29) is 41.7 Å².